The molecule has 0 radical (unpaired) electrons. The molecule has 0 amide bonds. The Kier molecular flexibility index (Phi) is 4.90. The molecular formula is C14H16ClNO4S. The Morgan fingerprint density at radius 2 is 2.05 bits per heavy atom. The molecule has 0 spiro atoms. The molecule has 0 unspecified atom stereocenters. The second-order valence-electron chi connectivity index (χ2n) is 4.87. The van der Waals surface area contributed by atoms with Crippen molar-refractivity contribution in [2.45, 2.75) is 6.42 Å². The molecule has 1 aliphatic rings. The lowest BCUT2D eigenvalue weighted by Crippen LogP contribution is -2.26. The minimum absolute atomic E-state index is 0.129. The van der Waals surface area contributed by atoms with Gasteiger partial charge < -0.3 is 10.0 Å². The van der Waals surface area contributed by atoms with E-state index in [9.17, 15) is 13.2 Å². The molecule has 0 saturated carbocycles. The molecule has 2 rings (SSSR count). The van der Waals surface area contributed by atoms with E-state index in [0.29, 0.717) is 30.1 Å². The highest BCUT2D eigenvalue weighted by molar-refractivity contribution is 7.91. The second kappa shape index (κ2) is 6.49. The molecular weight excluding hydrogens is 314 g/mol. The van der Waals surface area contributed by atoms with Gasteiger partial charge in [-0.2, -0.15) is 0 Å². The maximum Gasteiger partial charge on any atom is 0.328 e. The first-order valence-corrected chi connectivity index (χ1v) is 8.73. The molecule has 1 aliphatic heterocycles. The Morgan fingerprint density at radius 1 is 1.29 bits per heavy atom. The summed E-state index contributed by atoms with van der Waals surface area (Å²) < 4.78 is 23.2. The fraction of sp³-hybridized carbons (Fsp3) is 0.357. The third-order valence-electron chi connectivity index (χ3n) is 3.29. The molecule has 0 bridgehead atoms. The standard InChI is InChI=1S/C14H16ClNO4S/c15-12-10-11(3-5-14(17)18)2-4-13(12)16-6-1-8-21(19,20)9-7-16/h2-5,10H,1,6-9H2,(H,17,18)/b5-3+. The molecule has 1 aromatic carbocycles. The Labute approximate surface area is 128 Å². The van der Waals surface area contributed by atoms with Crippen molar-refractivity contribution in [1.82, 2.24) is 0 Å². The van der Waals surface area contributed by atoms with Crippen LogP contribution in [-0.4, -0.2) is 44.1 Å². The number of carboxylic acids is 1. The van der Waals surface area contributed by atoms with Gasteiger partial charge in [0, 0.05) is 19.2 Å². The fourth-order valence-corrected chi connectivity index (χ4v) is 3.81. The Bertz CT molecular complexity index is 670. The van der Waals surface area contributed by atoms with E-state index in [1.165, 1.54) is 6.08 Å². The van der Waals surface area contributed by atoms with Crippen molar-refractivity contribution in [3.8, 4) is 0 Å². The number of halogens is 1. The molecule has 0 atom stereocenters. The molecule has 1 heterocycles. The highest BCUT2D eigenvalue weighted by atomic mass is 35.5. The molecule has 1 saturated heterocycles. The average Bonchev–Trinajstić information content (AvgIpc) is 2.58. The summed E-state index contributed by atoms with van der Waals surface area (Å²) in [5.74, 6) is -0.683. The third-order valence-corrected chi connectivity index (χ3v) is 5.30. The number of carbonyl (C=O) groups is 1. The van der Waals surface area contributed by atoms with E-state index in [4.69, 9.17) is 16.7 Å². The summed E-state index contributed by atoms with van der Waals surface area (Å²) in [7, 11) is -2.96. The normalized spacial score (nSPS) is 18.6. The first-order valence-electron chi connectivity index (χ1n) is 6.53. The van der Waals surface area contributed by atoms with E-state index >= 15 is 0 Å². The van der Waals surface area contributed by atoms with Crippen LogP contribution in [0.2, 0.25) is 5.02 Å². The van der Waals surface area contributed by atoms with Gasteiger partial charge in [0.2, 0.25) is 0 Å². The molecule has 1 fully saturated rings. The zero-order valence-electron chi connectivity index (χ0n) is 11.3. The predicted molar refractivity (Wildman–Crippen MR) is 83.6 cm³/mol. The molecule has 21 heavy (non-hydrogen) atoms. The lowest BCUT2D eigenvalue weighted by atomic mass is 10.1. The number of rotatable bonds is 3. The van der Waals surface area contributed by atoms with Crippen LogP contribution in [0.15, 0.2) is 24.3 Å². The summed E-state index contributed by atoms with van der Waals surface area (Å²) in [6.07, 6.45) is 3.09. The van der Waals surface area contributed by atoms with Crippen molar-refractivity contribution in [1.29, 1.82) is 0 Å². The van der Waals surface area contributed by atoms with Crippen LogP contribution in [0.3, 0.4) is 0 Å². The van der Waals surface area contributed by atoms with Gasteiger partial charge in [0.05, 0.1) is 22.2 Å². The number of hydrogen-bond acceptors (Lipinski definition) is 4. The van der Waals surface area contributed by atoms with Crippen LogP contribution < -0.4 is 4.90 Å². The fourth-order valence-electron chi connectivity index (χ4n) is 2.23. The van der Waals surface area contributed by atoms with E-state index in [-0.39, 0.29) is 11.5 Å². The topological polar surface area (TPSA) is 74.7 Å². The highest BCUT2D eigenvalue weighted by Gasteiger charge is 2.20. The van der Waals surface area contributed by atoms with Crippen LogP contribution in [-0.2, 0) is 14.6 Å². The van der Waals surface area contributed by atoms with Gasteiger partial charge >= 0.3 is 5.97 Å². The molecule has 0 aliphatic carbocycles. The minimum atomic E-state index is -2.96. The Hall–Kier alpha value is -1.53. The number of anilines is 1. The summed E-state index contributed by atoms with van der Waals surface area (Å²) in [5.41, 5.74) is 1.47. The summed E-state index contributed by atoms with van der Waals surface area (Å²) >= 11 is 6.23. The molecule has 0 aromatic heterocycles. The zero-order chi connectivity index (χ0) is 15.5. The quantitative estimate of drug-likeness (QED) is 0.859. The van der Waals surface area contributed by atoms with Gasteiger partial charge in [0.15, 0.2) is 9.84 Å². The molecule has 7 heteroatoms. The van der Waals surface area contributed by atoms with Crippen molar-refractivity contribution >= 4 is 39.2 Å². The van der Waals surface area contributed by atoms with Gasteiger partial charge in [0.1, 0.15) is 0 Å². The summed E-state index contributed by atoms with van der Waals surface area (Å²) in [4.78, 5) is 12.4. The van der Waals surface area contributed by atoms with E-state index in [0.717, 1.165) is 11.8 Å². The van der Waals surface area contributed by atoms with Crippen molar-refractivity contribution in [2.24, 2.45) is 0 Å². The first-order chi connectivity index (χ1) is 9.87. The number of carboxylic acid groups (broad SMARTS) is 1. The highest BCUT2D eigenvalue weighted by Crippen LogP contribution is 2.28. The molecule has 1 aromatic rings. The van der Waals surface area contributed by atoms with Crippen LogP contribution in [0.4, 0.5) is 5.69 Å². The molecule has 1 N–H and O–H groups in total. The maximum absolute atomic E-state index is 11.6. The monoisotopic (exact) mass is 329 g/mol. The average molecular weight is 330 g/mol. The molecule has 114 valence electrons. The van der Waals surface area contributed by atoms with E-state index in [2.05, 4.69) is 0 Å². The van der Waals surface area contributed by atoms with E-state index in [1.807, 2.05) is 4.90 Å². The van der Waals surface area contributed by atoms with Crippen LogP contribution >= 0.6 is 11.6 Å². The maximum atomic E-state index is 11.6. The van der Waals surface area contributed by atoms with Crippen molar-refractivity contribution < 1.29 is 18.3 Å². The minimum Gasteiger partial charge on any atom is -0.478 e. The summed E-state index contributed by atoms with van der Waals surface area (Å²) in [6.45, 7) is 1.07. The Balaban J connectivity index is 2.19. The lowest BCUT2D eigenvalue weighted by Gasteiger charge is -2.23. The number of benzene rings is 1. The second-order valence-corrected chi connectivity index (χ2v) is 7.59. The number of hydrogen-bond donors (Lipinski definition) is 1. The molecule has 5 nitrogen and oxygen atoms in total. The van der Waals surface area contributed by atoms with Crippen molar-refractivity contribution in [3.05, 3.63) is 34.9 Å². The zero-order valence-corrected chi connectivity index (χ0v) is 12.9. The smallest absolute Gasteiger partial charge is 0.328 e. The van der Waals surface area contributed by atoms with Gasteiger partial charge in [-0.25, -0.2) is 13.2 Å². The Morgan fingerprint density at radius 3 is 2.71 bits per heavy atom. The number of aliphatic carboxylic acids is 1. The van der Waals surface area contributed by atoms with Gasteiger partial charge in [0.25, 0.3) is 0 Å². The van der Waals surface area contributed by atoms with Crippen molar-refractivity contribution in [2.75, 3.05) is 29.5 Å². The van der Waals surface area contributed by atoms with Gasteiger partial charge in [-0.15, -0.1) is 0 Å². The third kappa shape index (κ3) is 4.47. The van der Waals surface area contributed by atoms with Crippen LogP contribution in [0.5, 0.6) is 0 Å². The van der Waals surface area contributed by atoms with E-state index in [1.54, 1.807) is 18.2 Å². The summed E-state index contributed by atoms with van der Waals surface area (Å²) in [6, 6.07) is 5.23. The van der Waals surface area contributed by atoms with Gasteiger partial charge in [-0.1, -0.05) is 17.7 Å². The number of nitrogens with zero attached hydrogens (tertiary/aromatic N) is 1. The predicted octanol–water partition coefficient (Wildman–Crippen LogP) is 2.06. The summed E-state index contributed by atoms with van der Waals surface area (Å²) in [5, 5.41) is 9.09. The SMILES string of the molecule is O=C(O)/C=C/c1ccc(N2CCCS(=O)(=O)CC2)c(Cl)c1. The van der Waals surface area contributed by atoms with Gasteiger partial charge in [-0.05, 0) is 30.2 Å². The number of sulfone groups is 1. The first kappa shape index (κ1) is 15.9. The van der Waals surface area contributed by atoms with Crippen LogP contribution in [0, 0.1) is 0 Å². The van der Waals surface area contributed by atoms with Crippen LogP contribution in [0.1, 0.15) is 12.0 Å². The lowest BCUT2D eigenvalue weighted by molar-refractivity contribution is -0.131. The largest absolute Gasteiger partial charge is 0.478 e. The van der Waals surface area contributed by atoms with Crippen molar-refractivity contribution in [3.63, 3.8) is 0 Å². The van der Waals surface area contributed by atoms with Gasteiger partial charge in [-0.3, -0.25) is 0 Å². The van der Waals surface area contributed by atoms with Crippen LogP contribution in [0.25, 0.3) is 6.08 Å². The van der Waals surface area contributed by atoms with E-state index < -0.39 is 15.8 Å².